The standard InChI is InChI=1S/C13H18BrN3O/c14-11-7-8(1-6-12(11)16)13(18)17-10-4-2-9(15)3-5-10/h1,6-7,9-10H,2-5,15-16H2,(H,17,18). The number of carbonyl (C=O) groups is 1. The number of nitrogen functional groups attached to an aromatic ring is 1. The minimum Gasteiger partial charge on any atom is -0.398 e. The van der Waals surface area contributed by atoms with Crippen LogP contribution < -0.4 is 16.8 Å². The van der Waals surface area contributed by atoms with Gasteiger partial charge in [-0.05, 0) is 59.8 Å². The van der Waals surface area contributed by atoms with Crippen molar-refractivity contribution in [3.8, 4) is 0 Å². The largest absolute Gasteiger partial charge is 0.398 e. The van der Waals surface area contributed by atoms with Crippen LogP contribution in [0.3, 0.4) is 0 Å². The van der Waals surface area contributed by atoms with Crippen LogP contribution in [0.5, 0.6) is 0 Å². The summed E-state index contributed by atoms with van der Waals surface area (Å²) in [5.74, 6) is -0.0452. The molecule has 1 amide bonds. The molecule has 0 unspecified atom stereocenters. The first-order valence-electron chi connectivity index (χ1n) is 6.17. The predicted molar refractivity (Wildman–Crippen MR) is 76.3 cm³/mol. The van der Waals surface area contributed by atoms with E-state index in [1.54, 1.807) is 18.2 Å². The number of hydrogen-bond acceptors (Lipinski definition) is 3. The molecule has 1 aromatic carbocycles. The lowest BCUT2D eigenvalue weighted by atomic mass is 9.91. The van der Waals surface area contributed by atoms with Gasteiger partial charge >= 0.3 is 0 Å². The summed E-state index contributed by atoms with van der Waals surface area (Å²) in [5, 5.41) is 3.05. The summed E-state index contributed by atoms with van der Waals surface area (Å²) >= 11 is 3.33. The summed E-state index contributed by atoms with van der Waals surface area (Å²) in [5.41, 5.74) is 12.8. The van der Waals surface area contributed by atoms with Gasteiger partial charge in [-0.25, -0.2) is 0 Å². The molecule has 1 fully saturated rings. The molecule has 98 valence electrons. The van der Waals surface area contributed by atoms with Crippen LogP contribution in [0.1, 0.15) is 36.0 Å². The van der Waals surface area contributed by atoms with E-state index in [1.165, 1.54) is 0 Å². The molecule has 1 saturated carbocycles. The van der Waals surface area contributed by atoms with Crippen molar-refractivity contribution in [1.29, 1.82) is 0 Å². The van der Waals surface area contributed by atoms with E-state index in [0.29, 0.717) is 17.3 Å². The highest BCUT2D eigenvalue weighted by Gasteiger charge is 2.20. The second kappa shape index (κ2) is 5.71. The Morgan fingerprint density at radius 1 is 1.28 bits per heavy atom. The fourth-order valence-corrected chi connectivity index (χ4v) is 2.58. The van der Waals surface area contributed by atoms with Crippen LogP contribution in [0.25, 0.3) is 0 Å². The van der Waals surface area contributed by atoms with Crippen molar-refractivity contribution in [1.82, 2.24) is 5.32 Å². The molecule has 5 heteroatoms. The molecular formula is C13H18BrN3O. The first kappa shape index (κ1) is 13.4. The fourth-order valence-electron chi connectivity index (χ4n) is 2.20. The maximum atomic E-state index is 12.1. The van der Waals surface area contributed by atoms with Gasteiger partial charge in [-0.2, -0.15) is 0 Å². The van der Waals surface area contributed by atoms with E-state index < -0.39 is 0 Å². The predicted octanol–water partition coefficient (Wildman–Crippen LogP) is 2.03. The molecule has 1 aromatic rings. The van der Waals surface area contributed by atoms with Gasteiger partial charge in [-0.1, -0.05) is 0 Å². The number of benzene rings is 1. The first-order valence-corrected chi connectivity index (χ1v) is 6.97. The second-order valence-corrected chi connectivity index (χ2v) is 5.68. The molecule has 0 saturated heterocycles. The first-order chi connectivity index (χ1) is 8.56. The summed E-state index contributed by atoms with van der Waals surface area (Å²) in [4.78, 5) is 12.1. The molecule has 0 aliphatic heterocycles. The van der Waals surface area contributed by atoms with E-state index in [2.05, 4.69) is 21.2 Å². The number of carbonyl (C=O) groups excluding carboxylic acids is 1. The lowest BCUT2D eigenvalue weighted by Crippen LogP contribution is -2.40. The Balaban J connectivity index is 1.97. The third kappa shape index (κ3) is 3.23. The van der Waals surface area contributed by atoms with Crippen molar-refractivity contribution in [3.05, 3.63) is 28.2 Å². The number of anilines is 1. The van der Waals surface area contributed by atoms with E-state index in [1.807, 2.05) is 0 Å². The summed E-state index contributed by atoms with van der Waals surface area (Å²) in [6, 6.07) is 5.76. The van der Waals surface area contributed by atoms with Gasteiger partial charge in [0, 0.05) is 27.8 Å². The molecular weight excluding hydrogens is 294 g/mol. The van der Waals surface area contributed by atoms with Gasteiger partial charge in [0.2, 0.25) is 0 Å². The van der Waals surface area contributed by atoms with Gasteiger partial charge in [0.1, 0.15) is 0 Å². The Morgan fingerprint density at radius 3 is 2.56 bits per heavy atom. The van der Waals surface area contributed by atoms with Gasteiger partial charge < -0.3 is 16.8 Å². The molecule has 0 heterocycles. The molecule has 1 aliphatic rings. The van der Waals surface area contributed by atoms with Gasteiger partial charge in [0.25, 0.3) is 5.91 Å². The quantitative estimate of drug-likeness (QED) is 0.731. The van der Waals surface area contributed by atoms with Crippen LogP contribution in [0, 0.1) is 0 Å². The topological polar surface area (TPSA) is 81.1 Å². The molecule has 0 radical (unpaired) electrons. The molecule has 0 atom stereocenters. The summed E-state index contributed by atoms with van der Waals surface area (Å²) in [6.45, 7) is 0. The van der Waals surface area contributed by atoms with Crippen LogP contribution in [0.15, 0.2) is 22.7 Å². The zero-order valence-electron chi connectivity index (χ0n) is 10.2. The minimum atomic E-state index is -0.0452. The third-order valence-corrected chi connectivity index (χ3v) is 4.06. The normalized spacial score (nSPS) is 23.7. The Morgan fingerprint density at radius 2 is 1.94 bits per heavy atom. The molecule has 0 bridgehead atoms. The minimum absolute atomic E-state index is 0.0452. The average Bonchev–Trinajstić information content (AvgIpc) is 2.35. The van der Waals surface area contributed by atoms with Gasteiger partial charge in [-0.3, -0.25) is 4.79 Å². The molecule has 5 N–H and O–H groups in total. The molecule has 18 heavy (non-hydrogen) atoms. The number of halogens is 1. The zero-order chi connectivity index (χ0) is 13.1. The highest BCUT2D eigenvalue weighted by molar-refractivity contribution is 9.10. The average molecular weight is 312 g/mol. The van der Waals surface area contributed by atoms with E-state index in [4.69, 9.17) is 11.5 Å². The van der Waals surface area contributed by atoms with E-state index >= 15 is 0 Å². The van der Waals surface area contributed by atoms with Crippen molar-refractivity contribution < 1.29 is 4.79 Å². The monoisotopic (exact) mass is 311 g/mol. The fraction of sp³-hybridized carbons (Fsp3) is 0.462. The van der Waals surface area contributed by atoms with Crippen molar-refractivity contribution in [2.24, 2.45) is 5.73 Å². The van der Waals surface area contributed by atoms with Crippen LogP contribution in [0.2, 0.25) is 0 Å². The van der Waals surface area contributed by atoms with Crippen molar-refractivity contribution in [2.45, 2.75) is 37.8 Å². The molecule has 1 aliphatic carbocycles. The lowest BCUT2D eigenvalue weighted by Gasteiger charge is -2.26. The van der Waals surface area contributed by atoms with E-state index in [-0.39, 0.29) is 11.9 Å². The lowest BCUT2D eigenvalue weighted by molar-refractivity contribution is 0.0926. The van der Waals surface area contributed by atoms with Crippen molar-refractivity contribution in [2.75, 3.05) is 5.73 Å². The molecule has 2 rings (SSSR count). The Kier molecular flexibility index (Phi) is 4.24. The summed E-state index contributed by atoms with van der Waals surface area (Å²) in [7, 11) is 0. The molecule has 0 aromatic heterocycles. The third-order valence-electron chi connectivity index (χ3n) is 3.37. The highest BCUT2D eigenvalue weighted by Crippen LogP contribution is 2.21. The van der Waals surface area contributed by atoms with Gasteiger partial charge in [-0.15, -0.1) is 0 Å². The number of amides is 1. The smallest absolute Gasteiger partial charge is 0.251 e. The maximum Gasteiger partial charge on any atom is 0.251 e. The Bertz CT molecular complexity index is 442. The Hall–Kier alpha value is -1.07. The number of hydrogen-bond donors (Lipinski definition) is 3. The zero-order valence-corrected chi connectivity index (χ0v) is 11.7. The summed E-state index contributed by atoms with van der Waals surface area (Å²) < 4.78 is 0.751. The van der Waals surface area contributed by atoms with Crippen molar-refractivity contribution >= 4 is 27.5 Å². The molecule has 4 nitrogen and oxygen atoms in total. The van der Waals surface area contributed by atoms with Gasteiger partial charge in [0.15, 0.2) is 0 Å². The van der Waals surface area contributed by atoms with Gasteiger partial charge in [0.05, 0.1) is 0 Å². The Labute approximate surface area is 115 Å². The molecule has 0 spiro atoms. The van der Waals surface area contributed by atoms with E-state index in [9.17, 15) is 4.79 Å². The number of rotatable bonds is 2. The van der Waals surface area contributed by atoms with Crippen LogP contribution in [0.4, 0.5) is 5.69 Å². The van der Waals surface area contributed by atoms with E-state index in [0.717, 1.165) is 30.2 Å². The highest BCUT2D eigenvalue weighted by atomic mass is 79.9. The maximum absolute atomic E-state index is 12.1. The van der Waals surface area contributed by atoms with Crippen LogP contribution in [-0.2, 0) is 0 Å². The van der Waals surface area contributed by atoms with Crippen LogP contribution >= 0.6 is 15.9 Å². The summed E-state index contributed by atoms with van der Waals surface area (Å²) in [6.07, 6.45) is 3.89. The second-order valence-electron chi connectivity index (χ2n) is 4.82. The van der Waals surface area contributed by atoms with Crippen molar-refractivity contribution in [3.63, 3.8) is 0 Å². The number of nitrogens with two attached hydrogens (primary N) is 2. The SMILES string of the molecule is Nc1ccc(C(=O)NC2CCC(N)CC2)cc1Br. The number of nitrogens with one attached hydrogen (secondary N) is 1. The van der Waals surface area contributed by atoms with Crippen LogP contribution in [-0.4, -0.2) is 18.0 Å².